The summed E-state index contributed by atoms with van der Waals surface area (Å²) in [6.45, 7) is 3.61. The summed E-state index contributed by atoms with van der Waals surface area (Å²) >= 11 is 0. The number of rotatable bonds is 3. The molecule has 1 saturated heterocycles. The number of hydrogen-bond acceptors (Lipinski definition) is 5. The second-order valence-corrected chi connectivity index (χ2v) is 6.49. The van der Waals surface area contributed by atoms with Crippen molar-refractivity contribution >= 4 is 22.8 Å². The molecule has 25 heavy (non-hydrogen) atoms. The lowest BCUT2D eigenvalue weighted by Crippen LogP contribution is -2.49. The summed E-state index contributed by atoms with van der Waals surface area (Å²) < 4.78 is 10.2. The van der Waals surface area contributed by atoms with Crippen LogP contribution in [0.15, 0.2) is 39.5 Å². The lowest BCUT2D eigenvalue weighted by Gasteiger charge is -2.38. The first kappa shape index (κ1) is 17.2. The number of nitrogens with zero attached hydrogens (tertiary/aromatic N) is 1. The Labute approximate surface area is 145 Å². The predicted octanol–water partition coefficient (Wildman–Crippen LogP) is 2.74. The van der Waals surface area contributed by atoms with Crippen molar-refractivity contribution in [1.29, 1.82) is 0 Å². The number of carbonyl (C=O) groups is 2. The molecule has 2 atom stereocenters. The maximum absolute atomic E-state index is 12.4. The van der Waals surface area contributed by atoms with Crippen LogP contribution in [-0.4, -0.2) is 35.5 Å². The van der Waals surface area contributed by atoms with Crippen LogP contribution >= 0.6 is 0 Å². The molecule has 6 nitrogen and oxygen atoms in total. The molecule has 0 radical (unpaired) electrons. The summed E-state index contributed by atoms with van der Waals surface area (Å²) in [4.78, 5) is 38.3. The van der Waals surface area contributed by atoms with E-state index in [-0.39, 0.29) is 30.2 Å². The zero-order valence-electron chi connectivity index (χ0n) is 14.4. The summed E-state index contributed by atoms with van der Waals surface area (Å²) in [6, 6.07) is 8.58. The molecular weight excluding hydrogens is 322 g/mol. The van der Waals surface area contributed by atoms with Gasteiger partial charge in [0.25, 0.3) is 5.91 Å². The molecule has 1 aromatic carbocycles. The molecule has 3 rings (SSSR count). The Morgan fingerprint density at radius 1 is 1.20 bits per heavy atom. The van der Waals surface area contributed by atoms with Gasteiger partial charge in [-0.2, -0.15) is 0 Å². The van der Waals surface area contributed by atoms with Crippen LogP contribution in [0, 0.1) is 0 Å². The van der Waals surface area contributed by atoms with E-state index in [1.54, 1.807) is 29.2 Å². The van der Waals surface area contributed by atoms with Gasteiger partial charge >= 0.3 is 11.6 Å². The molecule has 0 bridgehead atoms. The highest BCUT2D eigenvalue weighted by atomic mass is 16.5. The van der Waals surface area contributed by atoms with E-state index in [4.69, 9.17) is 9.15 Å². The number of piperidine rings is 1. The summed E-state index contributed by atoms with van der Waals surface area (Å²) in [7, 11) is 0. The first-order valence-corrected chi connectivity index (χ1v) is 8.48. The molecule has 1 aliphatic heterocycles. The average Bonchev–Trinajstić information content (AvgIpc) is 2.59. The number of benzene rings is 1. The van der Waals surface area contributed by atoms with Gasteiger partial charge in [-0.25, -0.2) is 9.59 Å². The number of amides is 1. The van der Waals surface area contributed by atoms with E-state index in [0.717, 1.165) is 19.3 Å². The number of hydrogen-bond donors (Lipinski definition) is 0. The Kier molecular flexibility index (Phi) is 4.88. The van der Waals surface area contributed by atoms with E-state index in [1.807, 2.05) is 13.8 Å². The van der Waals surface area contributed by atoms with Crippen molar-refractivity contribution in [2.45, 2.75) is 45.2 Å². The Bertz CT molecular complexity index is 846. The molecule has 0 aliphatic carbocycles. The van der Waals surface area contributed by atoms with Gasteiger partial charge in [0.05, 0.1) is 0 Å². The van der Waals surface area contributed by atoms with Crippen molar-refractivity contribution in [1.82, 2.24) is 4.90 Å². The number of para-hydroxylation sites is 1. The Morgan fingerprint density at radius 2 is 1.88 bits per heavy atom. The Balaban J connectivity index is 1.71. The van der Waals surface area contributed by atoms with Crippen LogP contribution in [0.3, 0.4) is 0 Å². The molecule has 6 heteroatoms. The molecule has 2 heterocycles. The normalized spacial score (nSPS) is 20.5. The van der Waals surface area contributed by atoms with Gasteiger partial charge in [0, 0.05) is 17.5 Å². The fraction of sp³-hybridized carbons (Fsp3) is 0.421. The van der Waals surface area contributed by atoms with Crippen LogP contribution in [0.2, 0.25) is 0 Å². The molecule has 1 aromatic heterocycles. The topological polar surface area (TPSA) is 76.8 Å². The standard InChI is InChI=1S/C19H21NO5/c1-12-6-5-7-13(2)20(12)17(21)11-24-18(22)15-10-14-8-3-4-9-16(14)25-19(15)23/h3-4,8-10,12-13H,5-7,11H2,1-2H3/t12-,13-/m1/s1. The van der Waals surface area contributed by atoms with Crippen molar-refractivity contribution in [2.75, 3.05) is 6.61 Å². The van der Waals surface area contributed by atoms with Gasteiger partial charge in [0.1, 0.15) is 11.1 Å². The third kappa shape index (κ3) is 3.57. The summed E-state index contributed by atoms with van der Waals surface area (Å²) in [5.41, 5.74) is -0.571. The summed E-state index contributed by atoms with van der Waals surface area (Å²) in [5, 5.41) is 0.624. The van der Waals surface area contributed by atoms with Crippen LogP contribution < -0.4 is 5.63 Å². The molecule has 0 N–H and O–H groups in total. The Hall–Kier alpha value is -2.63. The number of esters is 1. The van der Waals surface area contributed by atoms with E-state index in [9.17, 15) is 14.4 Å². The molecule has 0 saturated carbocycles. The molecule has 0 spiro atoms. The van der Waals surface area contributed by atoms with Crippen LogP contribution in [0.4, 0.5) is 0 Å². The fourth-order valence-corrected chi connectivity index (χ4v) is 3.40. The minimum Gasteiger partial charge on any atom is -0.452 e. The van der Waals surface area contributed by atoms with Gasteiger partial charge in [-0.1, -0.05) is 18.2 Å². The second kappa shape index (κ2) is 7.09. The number of ether oxygens (including phenoxy) is 1. The van der Waals surface area contributed by atoms with Crippen molar-refractivity contribution < 1.29 is 18.7 Å². The third-order valence-corrected chi connectivity index (χ3v) is 4.67. The largest absolute Gasteiger partial charge is 0.452 e. The van der Waals surface area contributed by atoms with Crippen LogP contribution in [0.25, 0.3) is 11.0 Å². The highest BCUT2D eigenvalue weighted by molar-refractivity contribution is 5.94. The highest BCUT2D eigenvalue weighted by Gasteiger charge is 2.29. The summed E-state index contributed by atoms with van der Waals surface area (Å²) in [5.74, 6) is -1.08. The molecule has 1 fully saturated rings. The zero-order chi connectivity index (χ0) is 18.0. The van der Waals surface area contributed by atoms with Gasteiger partial charge in [-0.3, -0.25) is 4.79 Å². The van der Waals surface area contributed by atoms with Crippen molar-refractivity contribution in [2.24, 2.45) is 0 Å². The fourth-order valence-electron chi connectivity index (χ4n) is 3.40. The number of carbonyl (C=O) groups excluding carboxylic acids is 2. The lowest BCUT2D eigenvalue weighted by atomic mass is 9.97. The van der Waals surface area contributed by atoms with Gasteiger partial charge < -0.3 is 14.1 Å². The van der Waals surface area contributed by atoms with Gasteiger partial charge in [-0.15, -0.1) is 0 Å². The highest BCUT2D eigenvalue weighted by Crippen LogP contribution is 2.22. The molecule has 2 aromatic rings. The molecule has 132 valence electrons. The zero-order valence-corrected chi connectivity index (χ0v) is 14.4. The quantitative estimate of drug-likeness (QED) is 0.633. The summed E-state index contributed by atoms with van der Waals surface area (Å²) in [6.07, 6.45) is 2.97. The van der Waals surface area contributed by atoms with Crippen molar-refractivity contribution in [3.8, 4) is 0 Å². The predicted molar refractivity (Wildman–Crippen MR) is 92.4 cm³/mol. The molecular formula is C19H21NO5. The van der Waals surface area contributed by atoms with E-state index in [2.05, 4.69) is 0 Å². The molecule has 0 unspecified atom stereocenters. The van der Waals surface area contributed by atoms with Crippen molar-refractivity contribution in [3.63, 3.8) is 0 Å². The van der Waals surface area contributed by atoms with E-state index in [1.165, 1.54) is 6.07 Å². The van der Waals surface area contributed by atoms with Gasteiger partial charge in [0.2, 0.25) is 0 Å². The molecule has 1 amide bonds. The third-order valence-electron chi connectivity index (χ3n) is 4.67. The maximum Gasteiger partial charge on any atom is 0.351 e. The first-order chi connectivity index (χ1) is 12.0. The Morgan fingerprint density at radius 3 is 2.60 bits per heavy atom. The maximum atomic E-state index is 12.4. The minimum absolute atomic E-state index is 0.126. The first-order valence-electron chi connectivity index (χ1n) is 8.48. The smallest absolute Gasteiger partial charge is 0.351 e. The molecule has 1 aliphatic rings. The second-order valence-electron chi connectivity index (χ2n) is 6.49. The van der Waals surface area contributed by atoms with E-state index < -0.39 is 11.6 Å². The lowest BCUT2D eigenvalue weighted by molar-refractivity contribution is -0.140. The van der Waals surface area contributed by atoms with Crippen LogP contribution in [-0.2, 0) is 9.53 Å². The minimum atomic E-state index is -0.842. The average molecular weight is 343 g/mol. The SMILES string of the molecule is C[C@@H]1CCC[C@@H](C)N1C(=O)COC(=O)c1cc2ccccc2oc1=O. The van der Waals surface area contributed by atoms with Crippen LogP contribution in [0.5, 0.6) is 0 Å². The van der Waals surface area contributed by atoms with Gasteiger partial charge in [0.15, 0.2) is 6.61 Å². The van der Waals surface area contributed by atoms with Crippen molar-refractivity contribution in [3.05, 3.63) is 46.3 Å². The number of fused-ring (bicyclic) bond motifs is 1. The van der Waals surface area contributed by atoms with Gasteiger partial charge in [-0.05, 0) is 45.2 Å². The number of likely N-dealkylation sites (tertiary alicyclic amines) is 1. The van der Waals surface area contributed by atoms with Crippen LogP contribution in [0.1, 0.15) is 43.5 Å². The van der Waals surface area contributed by atoms with E-state index >= 15 is 0 Å². The van der Waals surface area contributed by atoms with E-state index in [0.29, 0.717) is 11.0 Å². The monoisotopic (exact) mass is 343 g/mol.